The largest absolute Gasteiger partial charge is 0.497 e. The molecular weight excluding hydrogens is 388 g/mol. The Balaban J connectivity index is 1.35. The number of hydrogen-bond donors (Lipinski definition) is 1. The van der Waals surface area contributed by atoms with Crippen LogP contribution in [0.15, 0.2) is 54.6 Å². The van der Waals surface area contributed by atoms with Crippen LogP contribution in [0.25, 0.3) is 0 Å². The van der Waals surface area contributed by atoms with Crippen LogP contribution in [0.4, 0.5) is 0 Å². The van der Waals surface area contributed by atoms with Gasteiger partial charge in [0.15, 0.2) is 0 Å². The lowest BCUT2D eigenvalue weighted by Crippen LogP contribution is -2.48. The Labute approximate surface area is 185 Å². The molecule has 5 heteroatoms. The van der Waals surface area contributed by atoms with Crippen molar-refractivity contribution in [1.29, 1.82) is 0 Å². The van der Waals surface area contributed by atoms with E-state index < -0.39 is 0 Å². The van der Waals surface area contributed by atoms with Gasteiger partial charge in [0.05, 0.1) is 7.11 Å². The van der Waals surface area contributed by atoms with E-state index in [9.17, 15) is 4.79 Å². The molecule has 2 heterocycles. The molecule has 5 nitrogen and oxygen atoms in total. The summed E-state index contributed by atoms with van der Waals surface area (Å²) in [5.41, 5.74) is 2.59. The van der Waals surface area contributed by atoms with Crippen LogP contribution in [0.2, 0.25) is 0 Å². The Kier molecular flexibility index (Phi) is 7.25. The maximum absolute atomic E-state index is 12.8. The third kappa shape index (κ3) is 5.28. The summed E-state index contributed by atoms with van der Waals surface area (Å²) >= 11 is 0. The molecule has 0 radical (unpaired) electrons. The second-order valence-corrected chi connectivity index (χ2v) is 8.79. The topological polar surface area (TPSA) is 50.8 Å². The number of nitrogens with zero attached hydrogens (tertiary/aromatic N) is 1. The van der Waals surface area contributed by atoms with Crippen molar-refractivity contribution >= 4 is 5.91 Å². The van der Waals surface area contributed by atoms with Gasteiger partial charge in [-0.1, -0.05) is 42.5 Å². The molecule has 1 N–H and O–H groups in total. The van der Waals surface area contributed by atoms with Crippen LogP contribution in [0.1, 0.15) is 43.2 Å². The molecule has 1 amide bonds. The highest BCUT2D eigenvalue weighted by atomic mass is 16.5. The van der Waals surface area contributed by atoms with Crippen LogP contribution >= 0.6 is 0 Å². The van der Waals surface area contributed by atoms with Crippen molar-refractivity contribution in [3.05, 3.63) is 65.7 Å². The first-order chi connectivity index (χ1) is 15.2. The van der Waals surface area contributed by atoms with E-state index in [-0.39, 0.29) is 5.41 Å². The van der Waals surface area contributed by atoms with Crippen LogP contribution < -0.4 is 10.1 Å². The molecule has 0 aliphatic carbocycles. The number of nitrogens with one attached hydrogen (secondary N) is 1. The number of ether oxygens (including phenoxy) is 2. The van der Waals surface area contributed by atoms with Gasteiger partial charge in [-0.3, -0.25) is 4.79 Å². The number of likely N-dealkylation sites (tertiary alicyclic amines) is 1. The van der Waals surface area contributed by atoms with Crippen molar-refractivity contribution in [3.63, 3.8) is 0 Å². The molecule has 2 aromatic carbocycles. The van der Waals surface area contributed by atoms with Gasteiger partial charge in [-0.05, 0) is 55.5 Å². The van der Waals surface area contributed by atoms with Crippen molar-refractivity contribution in [3.8, 4) is 5.75 Å². The zero-order chi connectivity index (χ0) is 21.5. The summed E-state index contributed by atoms with van der Waals surface area (Å²) in [4.78, 5) is 15.0. The first-order valence-corrected chi connectivity index (χ1v) is 11.5. The predicted molar refractivity (Wildman–Crippen MR) is 122 cm³/mol. The minimum absolute atomic E-state index is 0.00822. The van der Waals surface area contributed by atoms with Gasteiger partial charge in [0, 0.05) is 44.2 Å². The third-order valence-corrected chi connectivity index (χ3v) is 6.90. The van der Waals surface area contributed by atoms with E-state index in [0.717, 1.165) is 64.3 Å². The molecule has 166 valence electrons. The van der Waals surface area contributed by atoms with E-state index in [1.165, 1.54) is 11.1 Å². The minimum atomic E-state index is 0.00822. The summed E-state index contributed by atoms with van der Waals surface area (Å²) in [7, 11) is 1.68. The summed E-state index contributed by atoms with van der Waals surface area (Å²) in [6.45, 7) is 4.08. The quantitative estimate of drug-likeness (QED) is 0.623. The summed E-state index contributed by atoms with van der Waals surface area (Å²) in [6.07, 6.45) is 4.57. The SMILES string of the molecule is COc1ccc(CNCC[C@H]2CCC(=O)N2CC2(c3ccccc3)CCOCC2)cc1. The van der Waals surface area contributed by atoms with Crippen LogP contribution in [0.5, 0.6) is 5.75 Å². The van der Waals surface area contributed by atoms with Crippen molar-refractivity contribution in [2.24, 2.45) is 0 Å². The zero-order valence-electron chi connectivity index (χ0n) is 18.5. The molecule has 2 aliphatic heterocycles. The highest BCUT2D eigenvalue weighted by Gasteiger charge is 2.41. The van der Waals surface area contributed by atoms with Gasteiger partial charge < -0.3 is 19.7 Å². The second-order valence-electron chi connectivity index (χ2n) is 8.79. The molecule has 0 spiro atoms. The molecule has 0 aromatic heterocycles. The van der Waals surface area contributed by atoms with Gasteiger partial charge in [0.25, 0.3) is 0 Å². The fourth-order valence-corrected chi connectivity index (χ4v) is 4.97. The Hall–Kier alpha value is -2.37. The van der Waals surface area contributed by atoms with E-state index >= 15 is 0 Å². The average molecular weight is 423 g/mol. The van der Waals surface area contributed by atoms with Gasteiger partial charge in [0.2, 0.25) is 5.91 Å². The smallest absolute Gasteiger partial charge is 0.222 e. The maximum atomic E-state index is 12.8. The Morgan fingerprint density at radius 2 is 1.84 bits per heavy atom. The molecule has 2 saturated heterocycles. The first-order valence-electron chi connectivity index (χ1n) is 11.5. The zero-order valence-corrected chi connectivity index (χ0v) is 18.5. The third-order valence-electron chi connectivity index (χ3n) is 6.90. The summed E-state index contributed by atoms with van der Waals surface area (Å²) in [6, 6.07) is 19.2. The van der Waals surface area contributed by atoms with Gasteiger partial charge in [-0.2, -0.15) is 0 Å². The Morgan fingerprint density at radius 1 is 1.10 bits per heavy atom. The minimum Gasteiger partial charge on any atom is -0.497 e. The fourth-order valence-electron chi connectivity index (χ4n) is 4.97. The number of carbonyl (C=O) groups excluding carboxylic acids is 1. The van der Waals surface area contributed by atoms with Gasteiger partial charge in [-0.25, -0.2) is 0 Å². The summed E-state index contributed by atoms with van der Waals surface area (Å²) in [5, 5.41) is 3.55. The van der Waals surface area contributed by atoms with Crippen LogP contribution in [0, 0.1) is 0 Å². The maximum Gasteiger partial charge on any atom is 0.222 e. The fraction of sp³-hybridized carbons (Fsp3) is 0.500. The molecule has 1 atom stereocenters. The average Bonchev–Trinajstić information content (AvgIpc) is 3.17. The molecule has 0 saturated carbocycles. The number of hydrogen-bond acceptors (Lipinski definition) is 4. The number of amides is 1. The van der Waals surface area contributed by atoms with Crippen molar-refractivity contribution in [1.82, 2.24) is 10.2 Å². The molecule has 4 rings (SSSR count). The predicted octanol–water partition coefficient (Wildman–Crippen LogP) is 3.91. The number of carbonyl (C=O) groups is 1. The van der Waals surface area contributed by atoms with E-state index in [1.54, 1.807) is 7.11 Å². The van der Waals surface area contributed by atoms with Gasteiger partial charge in [0.1, 0.15) is 5.75 Å². The number of methoxy groups -OCH3 is 1. The van der Waals surface area contributed by atoms with Crippen LogP contribution in [0.3, 0.4) is 0 Å². The van der Waals surface area contributed by atoms with Crippen molar-refractivity contribution < 1.29 is 14.3 Å². The summed E-state index contributed by atoms with van der Waals surface area (Å²) in [5.74, 6) is 1.19. The van der Waals surface area contributed by atoms with Crippen molar-refractivity contribution in [2.75, 3.05) is 33.4 Å². The Bertz CT molecular complexity index is 831. The molecule has 0 bridgehead atoms. The molecule has 2 aliphatic rings. The number of benzene rings is 2. The monoisotopic (exact) mass is 422 g/mol. The number of rotatable bonds is 9. The van der Waals surface area contributed by atoms with Gasteiger partial charge >= 0.3 is 0 Å². The van der Waals surface area contributed by atoms with Crippen molar-refractivity contribution in [2.45, 2.75) is 50.1 Å². The highest BCUT2D eigenvalue weighted by Crippen LogP contribution is 2.38. The lowest BCUT2D eigenvalue weighted by Gasteiger charge is -2.42. The van der Waals surface area contributed by atoms with E-state index in [1.807, 2.05) is 12.1 Å². The molecule has 2 fully saturated rings. The molecule has 31 heavy (non-hydrogen) atoms. The molecule has 2 aromatic rings. The summed E-state index contributed by atoms with van der Waals surface area (Å²) < 4.78 is 10.9. The second kappa shape index (κ2) is 10.3. The molecule has 0 unspecified atom stereocenters. The van der Waals surface area contributed by atoms with E-state index in [2.05, 4.69) is 52.7 Å². The normalized spacial score (nSPS) is 20.7. The first kappa shape index (κ1) is 21.8. The Morgan fingerprint density at radius 3 is 2.55 bits per heavy atom. The van der Waals surface area contributed by atoms with Gasteiger partial charge in [-0.15, -0.1) is 0 Å². The standard InChI is InChI=1S/C26H34N2O3/c1-30-24-10-7-21(8-11-24)19-27-16-13-23-9-12-25(29)28(23)20-26(14-17-31-18-15-26)22-5-3-2-4-6-22/h2-8,10-11,23,27H,9,12-20H2,1H3/t23-/m1/s1. The van der Waals surface area contributed by atoms with E-state index in [0.29, 0.717) is 18.4 Å². The highest BCUT2D eigenvalue weighted by molar-refractivity contribution is 5.79. The molecular formula is C26H34N2O3. The van der Waals surface area contributed by atoms with E-state index in [4.69, 9.17) is 9.47 Å². The lowest BCUT2D eigenvalue weighted by atomic mass is 9.73. The van der Waals surface area contributed by atoms with Crippen LogP contribution in [-0.2, 0) is 21.5 Å². The van der Waals surface area contributed by atoms with Crippen LogP contribution in [-0.4, -0.2) is 50.3 Å². The lowest BCUT2D eigenvalue weighted by molar-refractivity contribution is -0.130.